The van der Waals surface area contributed by atoms with E-state index in [1.165, 1.54) is 0 Å². The fourth-order valence-corrected chi connectivity index (χ4v) is 1.69. The van der Waals surface area contributed by atoms with Gasteiger partial charge in [-0.15, -0.1) is 0 Å². The molecule has 0 unspecified atom stereocenters. The summed E-state index contributed by atoms with van der Waals surface area (Å²) < 4.78 is 0. The van der Waals surface area contributed by atoms with Gasteiger partial charge in [-0.25, -0.2) is 0 Å². The highest BCUT2D eigenvalue weighted by Gasteiger charge is 1.99. The average molecular weight is 317 g/mol. The predicted octanol–water partition coefficient (Wildman–Crippen LogP) is 4.43. The van der Waals surface area contributed by atoms with Gasteiger partial charge < -0.3 is 10.6 Å². The van der Waals surface area contributed by atoms with Crippen LogP contribution in [-0.4, -0.2) is 24.9 Å². The maximum atomic E-state index is 11.2. The lowest BCUT2D eigenvalue weighted by Gasteiger charge is -2.05. The zero-order chi connectivity index (χ0) is 17.6. The number of unbranched alkanes of at least 4 members (excludes halogenated alkanes) is 3. The Balaban J connectivity index is -0.000000826. The molecular weight excluding hydrogens is 276 g/mol. The van der Waals surface area contributed by atoms with Gasteiger partial charge in [0.2, 0.25) is 11.8 Å². The summed E-state index contributed by atoms with van der Waals surface area (Å²) in [5.41, 5.74) is 0. The Labute approximate surface area is 138 Å². The van der Waals surface area contributed by atoms with Gasteiger partial charge in [0.1, 0.15) is 0 Å². The van der Waals surface area contributed by atoms with Crippen LogP contribution in [0.1, 0.15) is 92.9 Å². The molecule has 0 aliphatic heterocycles. The van der Waals surface area contributed by atoms with E-state index in [4.69, 9.17) is 0 Å². The van der Waals surface area contributed by atoms with Crippen molar-refractivity contribution in [3.05, 3.63) is 0 Å². The van der Waals surface area contributed by atoms with E-state index in [0.717, 1.165) is 51.6 Å². The molecule has 22 heavy (non-hydrogen) atoms. The topological polar surface area (TPSA) is 58.2 Å². The second-order valence-electron chi connectivity index (χ2n) is 4.61. The van der Waals surface area contributed by atoms with E-state index >= 15 is 0 Å². The molecule has 2 N–H and O–H groups in total. The molecule has 134 valence electrons. The first-order chi connectivity index (χ1) is 10.7. The highest BCUT2D eigenvalue weighted by atomic mass is 16.2. The zero-order valence-corrected chi connectivity index (χ0v) is 15.9. The number of rotatable bonds is 11. The predicted molar refractivity (Wildman–Crippen MR) is 97.0 cm³/mol. The van der Waals surface area contributed by atoms with Crippen LogP contribution < -0.4 is 10.6 Å². The van der Waals surface area contributed by atoms with Gasteiger partial charge in [0, 0.05) is 25.9 Å². The first kappa shape index (κ1) is 25.9. The fourth-order valence-electron chi connectivity index (χ4n) is 1.69. The number of carbonyl (C=O) groups excluding carboxylic acids is 2. The van der Waals surface area contributed by atoms with Gasteiger partial charge in [-0.3, -0.25) is 9.59 Å². The second-order valence-corrected chi connectivity index (χ2v) is 4.61. The molecule has 0 saturated heterocycles. The molecule has 2 amide bonds. The van der Waals surface area contributed by atoms with Crippen LogP contribution >= 0.6 is 0 Å². The quantitative estimate of drug-likeness (QED) is 0.554. The van der Waals surface area contributed by atoms with Crippen LogP contribution in [0.25, 0.3) is 0 Å². The molecular formula is C18H40N2O2. The molecule has 0 aromatic carbocycles. The van der Waals surface area contributed by atoms with E-state index in [-0.39, 0.29) is 11.8 Å². The third-order valence-electron chi connectivity index (χ3n) is 2.70. The number of nitrogens with one attached hydrogen (secondary N) is 2. The smallest absolute Gasteiger partial charge is 0.219 e. The number of hydrogen-bond donors (Lipinski definition) is 2. The van der Waals surface area contributed by atoms with Crippen molar-refractivity contribution in [2.45, 2.75) is 92.9 Å². The van der Waals surface area contributed by atoms with E-state index in [1.54, 1.807) is 0 Å². The third kappa shape index (κ3) is 24.0. The van der Waals surface area contributed by atoms with Crippen molar-refractivity contribution in [2.75, 3.05) is 13.1 Å². The number of amides is 2. The van der Waals surface area contributed by atoms with Crippen molar-refractivity contribution in [3.8, 4) is 0 Å². The van der Waals surface area contributed by atoms with Crippen molar-refractivity contribution in [1.82, 2.24) is 10.6 Å². The molecule has 0 saturated carbocycles. The molecule has 0 radical (unpaired) electrons. The first-order valence-corrected chi connectivity index (χ1v) is 9.24. The van der Waals surface area contributed by atoms with Crippen molar-refractivity contribution in [2.24, 2.45) is 0 Å². The van der Waals surface area contributed by atoms with Crippen molar-refractivity contribution in [1.29, 1.82) is 0 Å². The van der Waals surface area contributed by atoms with Gasteiger partial charge in [0.05, 0.1) is 0 Å². The largest absolute Gasteiger partial charge is 0.356 e. The van der Waals surface area contributed by atoms with E-state index in [1.807, 2.05) is 41.5 Å². The summed E-state index contributed by atoms with van der Waals surface area (Å²) >= 11 is 0. The monoisotopic (exact) mass is 316 g/mol. The van der Waals surface area contributed by atoms with E-state index < -0.39 is 0 Å². The molecule has 0 aliphatic carbocycles. The SMILES string of the molecule is CC.CC.CCCC(=O)NCCCCCCNC(=O)CCC. The maximum Gasteiger partial charge on any atom is 0.219 e. The van der Waals surface area contributed by atoms with Crippen LogP contribution in [0.2, 0.25) is 0 Å². The summed E-state index contributed by atoms with van der Waals surface area (Å²) in [4.78, 5) is 22.3. The van der Waals surface area contributed by atoms with E-state index in [9.17, 15) is 9.59 Å². The summed E-state index contributed by atoms with van der Waals surface area (Å²) in [6, 6.07) is 0. The van der Waals surface area contributed by atoms with Gasteiger partial charge >= 0.3 is 0 Å². The summed E-state index contributed by atoms with van der Waals surface area (Å²) in [5, 5.41) is 5.80. The highest BCUT2D eigenvalue weighted by molar-refractivity contribution is 5.76. The van der Waals surface area contributed by atoms with E-state index in [2.05, 4.69) is 10.6 Å². The Morgan fingerprint density at radius 1 is 0.636 bits per heavy atom. The van der Waals surface area contributed by atoms with Crippen molar-refractivity contribution in [3.63, 3.8) is 0 Å². The van der Waals surface area contributed by atoms with Crippen LogP contribution in [0.5, 0.6) is 0 Å². The van der Waals surface area contributed by atoms with Crippen LogP contribution in [0, 0.1) is 0 Å². The minimum Gasteiger partial charge on any atom is -0.356 e. The maximum absolute atomic E-state index is 11.2. The third-order valence-corrected chi connectivity index (χ3v) is 2.70. The lowest BCUT2D eigenvalue weighted by Crippen LogP contribution is -2.24. The number of carbonyl (C=O) groups is 2. The Bertz CT molecular complexity index is 207. The Morgan fingerprint density at radius 2 is 0.955 bits per heavy atom. The lowest BCUT2D eigenvalue weighted by atomic mass is 10.2. The molecule has 4 heteroatoms. The second kappa shape index (κ2) is 24.9. The van der Waals surface area contributed by atoms with Gasteiger partial charge in [0.15, 0.2) is 0 Å². The summed E-state index contributed by atoms with van der Waals surface area (Å²) in [6.45, 7) is 13.6. The minimum absolute atomic E-state index is 0.157. The highest BCUT2D eigenvalue weighted by Crippen LogP contribution is 1.98. The van der Waals surface area contributed by atoms with E-state index in [0.29, 0.717) is 12.8 Å². The molecule has 0 atom stereocenters. The summed E-state index contributed by atoms with van der Waals surface area (Å²) in [6.07, 6.45) is 7.34. The molecule has 0 aromatic heterocycles. The Hall–Kier alpha value is -1.06. The first-order valence-electron chi connectivity index (χ1n) is 9.24. The normalized spacial score (nSPS) is 8.82. The molecule has 0 aliphatic rings. The fraction of sp³-hybridized carbons (Fsp3) is 0.889. The summed E-state index contributed by atoms with van der Waals surface area (Å²) in [5.74, 6) is 0.314. The average Bonchev–Trinajstić information content (AvgIpc) is 2.54. The van der Waals surface area contributed by atoms with Gasteiger partial charge in [-0.05, 0) is 25.7 Å². The Kier molecular flexibility index (Phi) is 29.3. The van der Waals surface area contributed by atoms with Gasteiger partial charge in [0.25, 0.3) is 0 Å². The van der Waals surface area contributed by atoms with Crippen LogP contribution in [-0.2, 0) is 9.59 Å². The lowest BCUT2D eigenvalue weighted by molar-refractivity contribution is -0.122. The molecule has 0 heterocycles. The van der Waals surface area contributed by atoms with Crippen molar-refractivity contribution >= 4 is 11.8 Å². The minimum atomic E-state index is 0.157. The summed E-state index contributed by atoms with van der Waals surface area (Å²) in [7, 11) is 0. The van der Waals surface area contributed by atoms with Gasteiger partial charge in [-0.1, -0.05) is 54.4 Å². The Morgan fingerprint density at radius 3 is 1.23 bits per heavy atom. The number of hydrogen-bond acceptors (Lipinski definition) is 2. The molecule has 0 aromatic rings. The standard InChI is InChI=1S/C14H28N2O2.2C2H6/c1-3-9-13(17)15-11-7-5-6-8-12-16-14(18)10-4-2;2*1-2/h3-12H2,1-2H3,(H,15,17)(H,16,18);2*1-2H3. The molecule has 0 rings (SSSR count). The van der Waals surface area contributed by atoms with Crippen LogP contribution in [0.15, 0.2) is 0 Å². The molecule has 0 fully saturated rings. The molecule has 0 bridgehead atoms. The van der Waals surface area contributed by atoms with Crippen molar-refractivity contribution < 1.29 is 9.59 Å². The molecule has 4 nitrogen and oxygen atoms in total. The zero-order valence-electron chi connectivity index (χ0n) is 15.9. The van der Waals surface area contributed by atoms with Crippen LogP contribution in [0.3, 0.4) is 0 Å². The molecule has 0 spiro atoms. The van der Waals surface area contributed by atoms with Crippen LogP contribution in [0.4, 0.5) is 0 Å². The van der Waals surface area contributed by atoms with Gasteiger partial charge in [-0.2, -0.15) is 0 Å².